The molecule has 0 saturated carbocycles. The van der Waals surface area contributed by atoms with Crippen LogP contribution in [-0.4, -0.2) is 24.8 Å². The van der Waals surface area contributed by atoms with Gasteiger partial charge in [0.25, 0.3) is 0 Å². The van der Waals surface area contributed by atoms with Gasteiger partial charge in [-0.3, -0.25) is 0 Å². The van der Waals surface area contributed by atoms with Gasteiger partial charge in [-0.2, -0.15) is 0 Å². The number of aliphatic hydroxyl groups is 1. The van der Waals surface area contributed by atoms with Crippen molar-refractivity contribution in [2.75, 3.05) is 19.7 Å². The first-order chi connectivity index (χ1) is 6.79. The number of hydrogen-bond acceptors (Lipinski definition) is 3. The molecular formula is C11H18N2O. The van der Waals surface area contributed by atoms with Gasteiger partial charge < -0.3 is 16.2 Å². The average Bonchev–Trinajstić information content (AvgIpc) is 2.27. The summed E-state index contributed by atoms with van der Waals surface area (Å²) in [7, 11) is 0. The van der Waals surface area contributed by atoms with Gasteiger partial charge in [0.15, 0.2) is 0 Å². The van der Waals surface area contributed by atoms with Crippen LogP contribution in [0.1, 0.15) is 12.5 Å². The monoisotopic (exact) mass is 194 g/mol. The molecule has 0 bridgehead atoms. The third-order valence-electron chi connectivity index (χ3n) is 2.46. The number of nitrogens with two attached hydrogens (primary N) is 1. The minimum Gasteiger partial charge on any atom is -0.394 e. The number of likely N-dealkylation sites (N-methyl/N-ethyl adjacent to an activating group) is 1. The van der Waals surface area contributed by atoms with Crippen LogP contribution in [0.5, 0.6) is 0 Å². The van der Waals surface area contributed by atoms with E-state index >= 15 is 0 Å². The highest BCUT2D eigenvalue weighted by Gasteiger charge is 2.28. The third kappa shape index (κ3) is 2.12. The second-order valence-corrected chi connectivity index (χ2v) is 3.34. The molecule has 1 aromatic carbocycles. The van der Waals surface area contributed by atoms with Gasteiger partial charge in [0.2, 0.25) is 0 Å². The Kier molecular flexibility index (Phi) is 4.07. The molecule has 0 heterocycles. The van der Waals surface area contributed by atoms with Crippen LogP contribution < -0.4 is 11.1 Å². The summed E-state index contributed by atoms with van der Waals surface area (Å²) in [6, 6.07) is 9.81. The quantitative estimate of drug-likeness (QED) is 0.637. The van der Waals surface area contributed by atoms with Crippen LogP contribution in [0.4, 0.5) is 0 Å². The smallest absolute Gasteiger partial charge is 0.0793 e. The molecule has 78 valence electrons. The molecule has 1 aromatic rings. The second-order valence-electron chi connectivity index (χ2n) is 3.34. The third-order valence-corrected chi connectivity index (χ3v) is 2.46. The van der Waals surface area contributed by atoms with Crippen LogP contribution in [0.25, 0.3) is 0 Å². The number of aliphatic hydroxyl groups excluding tert-OH is 1. The summed E-state index contributed by atoms with van der Waals surface area (Å²) in [6.45, 7) is 3.19. The van der Waals surface area contributed by atoms with E-state index in [9.17, 15) is 5.11 Å². The molecule has 4 N–H and O–H groups in total. The minimum absolute atomic E-state index is 0.0152. The molecule has 1 atom stereocenters. The topological polar surface area (TPSA) is 58.3 Å². The zero-order valence-electron chi connectivity index (χ0n) is 8.53. The highest BCUT2D eigenvalue weighted by molar-refractivity contribution is 5.25. The maximum absolute atomic E-state index is 9.42. The van der Waals surface area contributed by atoms with Crippen LogP contribution in [0, 0.1) is 0 Å². The Labute approximate surface area is 84.9 Å². The highest BCUT2D eigenvalue weighted by Crippen LogP contribution is 2.18. The molecule has 0 amide bonds. The van der Waals surface area contributed by atoms with E-state index in [1.165, 1.54) is 0 Å². The van der Waals surface area contributed by atoms with E-state index in [0.717, 1.165) is 12.1 Å². The summed E-state index contributed by atoms with van der Waals surface area (Å²) in [4.78, 5) is 0. The molecule has 0 aliphatic heterocycles. The number of nitrogens with one attached hydrogen (secondary N) is 1. The summed E-state index contributed by atoms with van der Waals surface area (Å²) in [5.74, 6) is 0. The number of benzene rings is 1. The van der Waals surface area contributed by atoms with Gasteiger partial charge in [0.05, 0.1) is 12.1 Å². The molecule has 3 nitrogen and oxygen atoms in total. The molecular weight excluding hydrogens is 176 g/mol. The maximum Gasteiger partial charge on any atom is 0.0793 e. The van der Waals surface area contributed by atoms with E-state index in [1.807, 2.05) is 37.3 Å². The zero-order valence-corrected chi connectivity index (χ0v) is 8.53. The number of rotatable bonds is 5. The van der Waals surface area contributed by atoms with Gasteiger partial charge in [-0.1, -0.05) is 37.3 Å². The Balaban J connectivity index is 2.98. The summed E-state index contributed by atoms with van der Waals surface area (Å²) >= 11 is 0. The van der Waals surface area contributed by atoms with Gasteiger partial charge >= 0.3 is 0 Å². The van der Waals surface area contributed by atoms with E-state index in [-0.39, 0.29) is 6.61 Å². The van der Waals surface area contributed by atoms with Gasteiger partial charge in [-0.25, -0.2) is 0 Å². The largest absolute Gasteiger partial charge is 0.394 e. The predicted molar refractivity (Wildman–Crippen MR) is 57.9 cm³/mol. The normalized spacial score (nSPS) is 15.1. The molecule has 1 rings (SSSR count). The summed E-state index contributed by atoms with van der Waals surface area (Å²) in [6.07, 6.45) is 0. The standard InChI is InChI=1S/C11H18N2O/c1-2-13-11(8-12,9-14)10-6-4-3-5-7-10/h3-7,13-14H,2,8-9,12H2,1H3. The van der Waals surface area contributed by atoms with E-state index in [1.54, 1.807) is 0 Å². The van der Waals surface area contributed by atoms with Crippen molar-refractivity contribution < 1.29 is 5.11 Å². The lowest BCUT2D eigenvalue weighted by atomic mass is 9.91. The first-order valence-corrected chi connectivity index (χ1v) is 4.90. The molecule has 0 radical (unpaired) electrons. The van der Waals surface area contributed by atoms with Crippen LogP contribution in [0.15, 0.2) is 30.3 Å². The molecule has 0 aliphatic rings. The van der Waals surface area contributed by atoms with Crippen molar-refractivity contribution in [2.24, 2.45) is 5.73 Å². The Morgan fingerprint density at radius 3 is 2.43 bits per heavy atom. The lowest BCUT2D eigenvalue weighted by Gasteiger charge is -2.31. The molecule has 1 unspecified atom stereocenters. The van der Waals surface area contributed by atoms with Gasteiger partial charge in [0, 0.05) is 6.54 Å². The fraction of sp³-hybridized carbons (Fsp3) is 0.455. The van der Waals surface area contributed by atoms with Crippen molar-refractivity contribution >= 4 is 0 Å². The molecule has 0 fully saturated rings. The van der Waals surface area contributed by atoms with Crippen molar-refractivity contribution in [3.05, 3.63) is 35.9 Å². The Bertz CT molecular complexity index is 257. The van der Waals surface area contributed by atoms with E-state index in [4.69, 9.17) is 5.73 Å². The highest BCUT2D eigenvalue weighted by atomic mass is 16.3. The second kappa shape index (κ2) is 5.10. The predicted octanol–water partition coefficient (Wildman–Crippen LogP) is 0.442. The Morgan fingerprint density at radius 1 is 1.36 bits per heavy atom. The fourth-order valence-corrected chi connectivity index (χ4v) is 1.60. The lowest BCUT2D eigenvalue weighted by Crippen LogP contribution is -2.51. The first kappa shape index (κ1) is 11.2. The van der Waals surface area contributed by atoms with Gasteiger partial charge in [-0.15, -0.1) is 0 Å². The van der Waals surface area contributed by atoms with Crippen molar-refractivity contribution in [2.45, 2.75) is 12.5 Å². The van der Waals surface area contributed by atoms with Crippen LogP contribution >= 0.6 is 0 Å². The number of hydrogen-bond donors (Lipinski definition) is 3. The average molecular weight is 194 g/mol. The van der Waals surface area contributed by atoms with Crippen LogP contribution in [0.3, 0.4) is 0 Å². The maximum atomic E-state index is 9.42. The van der Waals surface area contributed by atoms with Crippen LogP contribution in [-0.2, 0) is 5.54 Å². The van der Waals surface area contributed by atoms with Gasteiger partial charge in [-0.05, 0) is 12.1 Å². The SMILES string of the molecule is CCNC(CN)(CO)c1ccccc1. The van der Waals surface area contributed by atoms with Crippen molar-refractivity contribution in [1.29, 1.82) is 0 Å². The molecule has 0 saturated heterocycles. The molecule has 0 aromatic heterocycles. The summed E-state index contributed by atoms with van der Waals surface area (Å²) < 4.78 is 0. The van der Waals surface area contributed by atoms with E-state index in [2.05, 4.69) is 5.32 Å². The zero-order chi connectivity index (χ0) is 10.4. The lowest BCUT2D eigenvalue weighted by molar-refractivity contribution is 0.168. The fourth-order valence-electron chi connectivity index (χ4n) is 1.60. The molecule has 0 aliphatic carbocycles. The minimum atomic E-state index is -0.490. The van der Waals surface area contributed by atoms with Crippen molar-refractivity contribution in [1.82, 2.24) is 5.32 Å². The summed E-state index contributed by atoms with van der Waals surface area (Å²) in [5.41, 5.74) is 6.26. The van der Waals surface area contributed by atoms with Crippen molar-refractivity contribution in [3.63, 3.8) is 0 Å². The Hall–Kier alpha value is -0.900. The van der Waals surface area contributed by atoms with Crippen LogP contribution in [0.2, 0.25) is 0 Å². The molecule has 0 spiro atoms. The summed E-state index contributed by atoms with van der Waals surface area (Å²) in [5, 5.41) is 12.7. The van der Waals surface area contributed by atoms with Gasteiger partial charge in [0.1, 0.15) is 0 Å². The Morgan fingerprint density at radius 2 is 2.00 bits per heavy atom. The molecule has 14 heavy (non-hydrogen) atoms. The first-order valence-electron chi connectivity index (χ1n) is 4.90. The molecule has 3 heteroatoms. The van der Waals surface area contributed by atoms with E-state index < -0.39 is 5.54 Å². The van der Waals surface area contributed by atoms with E-state index in [0.29, 0.717) is 6.54 Å². The van der Waals surface area contributed by atoms with Crippen molar-refractivity contribution in [3.8, 4) is 0 Å².